The van der Waals surface area contributed by atoms with Crippen molar-refractivity contribution in [2.24, 2.45) is 0 Å². The molecule has 4 rings (SSSR count). The summed E-state index contributed by atoms with van der Waals surface area (Å²) in [4.78, 5) is 26.0. The van der Waals surface area contributed by atoms with Crippen molar-refractivity contribution in [1.82, 2.24) is 4.90 Å². The smallest absolute Gasteiger partial charge is 0.336 e. The lowest BCUT2D eigenvalue weighted by Crippen LogP contribution is -2.36. The Labute approximate surface area is 157 Å². The summed E-state index contributed by atoms with van der Waals surface area (Å²) >= 11 is 0. The number of fused-ring (bicyclic) bond motifs is 1. The average molecular weight is 363 g/mol. The van der Waals surface area contributed by atoms with Crippen molar-refractivity contribution in [3.63, 3.8) is 0 Å². The Morgan fingerprint density at radius 1 is 1.15 bits per heavy atom. The monoisotopic (exact) mass is 363 g/mol. The van der Waals surface area contributed by atoms with Gasteiger partial charge in [-0.05, 0) is 43.5 Å². The lowest BCUT2D eigenvalue weighted by atomic mass is 10.1. The molecule has 0 spiro atoms. The first-order valence-electron chi connectivity index (χ1n) is 9.10. The fraction of sp³-hybridized carbons (Fsp3) is 0.273. The molecule has 3 aromatic rings. The number of nitrogens with zero attached hydrogens (tertiary/aromatic N) is 1. The van der Waals surface area contributed by atoms with Crippen LogP contribution < -0.4 is 10.4 Å². The van der Waals surface area contributed by atoms with E-state index in [0.717, 1.165) is 23.8 Å². The van der Waals surface area contributed by atoms with Crippen LogP contribution in [0.1, 0.15) is 24.0 Å². The molecule has 0 bridgehead atoms. The molecule has 0 aliphatic heterocycles. The molecule has 1 aliphatic carbocycles. The highest BCUT2D eigenvalue weighted by Gasteiger charge is 2.32. The normalized spacial score (nSPS) is 13.5. The van der Waals surface area contributed by atoms with Gasteiger partial charge < -0.3 is 14.1 Å². The summed E-state index contributed by atoms with van der Waals surface area (Å²) in [6.07, 6.45) is 2.08. The number of hydrogen-bond donors (Lipinski definition) is 0. The van der Waals surface area contributed by atoms with Crippen LogP contribution in [0.25, 0.3) is 11.0 Å². The summed E-state index contributed by atoms with van der Waals surface area (Å²) in [5.41, 5.74) is 2.35. The average Bonchev–Trinajstić information content (AvgIpc) is 3.49. The topological polar surface area (TPSA) is 59.8 Å². The van der Waals surface area contributed by atoms with Gasteiger partial charge in [-0.25, -0.2) is 4.79 Å². The van der Waals surface area contributed by atoms with E-state index in [-0.39, 0.29) is 12.5 Å². The number of rotatable bonds is 6. The first kappa shape index (κ1) is 17.3. The minimum Gasteiger partial charge on any atom is -0.484 e. The molecule has 138 valence electrons. The molecule has 2 aromatic carbocycles. The van der Waals surface area contributed by atoms with Crippen molar-refractivity contribution in [2.45, 2.75) is 32.4 Å². The van der Waals surface area contributed by atoms with Crippen molar-refractivity contribution < 1.29 is 13.9 Å². The van der Waals surface area contributed by atoms with Gasteiger partial charge in [0, 0.05) is 30.1 Å². The third-order valence-electron chi connectivity index (χ3n) is 4.70. The van der Waals surface area contributed by atoms with Crippen molar-refractivity contribution in [2.75, 3.05) is 6.61 Å². The van der Waals surface area contributed by atoms with E-state index in [0.29, 0.717) is 23.9 Å². The van der Waals surface area contributed by atoms with Gasteiger partial charge >= 0.3 is 5.63 Å². The molecular weight excluding hydrogens is 342 g/mol. The van der Waals surface area contributed by atoms with Crippen molar-refractivity contribution >= 4 is 16.9 Å². The predicted molar refractivity (Wildman–Crippen MR) is 103 cm³/mol. The van der Waals surface area contributed by atoms with Gasteiger partial charge in [-0.3, -0.25) is 4.79 Å². The molecule has 1 amide bonds. The Morgan fingerprint density at radius 3 is 2.74 bits per heavy atom. The highest BCUT2D eigenvalue weighted by molar-refractivity contribution is 5.80. The fourth-order valence-electron chi connectivity index (χ4n) is 3.17. The van der Waals surface area contributed by atoms with E-state index in [1.165, 1.54) is 11.6 Å². The standard InChI is InChI=1S/C22H21NO4/c1-15-3-2-4-16(11-15)13-23(18-7-8-18)21(24)14-26-19-9-5-17-6-10-22(25)27-20(17)12-19/h2-6,9-12,18H,7-8,13-14H2,1H3. The first-order chi connectivity index (χ1) is 13.1. The van der Waals surface area contributed by atoms with E-state index in [9.17, 15) is 9.59 Å². The molecular formula is C22H21NO4. The third kappa shape index (κ3) is 4.19. The fourth-order valence-corrected chi connectivity index (χ4v) is 3.17. The number of aryl methyl sites for hydroxylation is 1. The number of benzene rings is 2. The summed E-state index contributed by atoms with van der Waals surface area (Å²) in [5, 5.41) is 0.812. The summed E-state index contributed by atoms with van der Waals surface area (Å²) in [6, 6.07) is 16.8. The van der Waals surface area contributed by atoms with Gasteiger partial charge in [-0.15, -0.1) is 0 Å². The summed E-state index contributed by atoms with van der Waals surface area (Å²) in [6.45, 7) is 2.61. The molecule has 1 fully saturated rings. The second-order valence-electron chi connectivity index (χ2n) is 6.98. The molecule has 0 radical (unpaired) electrons. The van der Waals surface area contributed by atoms with Crippen molar-refractivity contribution in [1.29, 1.82) is 0 Å². The van der Waals surface area contributed by atoms with Crippen LogP contribution in [-0.2, 0) is 11.3 Å². The van der Waals surface area contributed by atoms with Crippen LogP contribution in [0.15, 0.2) is 63.8 Å². The van der Waals surface area contributed by atoms with Gasteiger partial charge in [-0.1, -0.05) is 29.8 Å². The second-order valence-corrected chi connectivity index (χ2v) is 6.98. The van der Waals surface area contributed by atoms with E-state index in [2.05, 4.69) is 6.07 Å². The Morgan fingerprint density at radius 2 is 1.96 bits per heavy atom. The van der Waals surface area contributed by atoms with E-state index >= 15 is 0 Å². The molecule has 0 atom stereocenters. The minimum absolute atomic E-state index is 0.0337. The quantitative estimate of drug-likeness (QED) is 0.627. The maximum atomic E-state index is 12.7. The van der Waals surface area contributed by atoms with Gasteiger partial charge in [0.05, 0.1) is 0 Å². The number of hydrogen-bond acceptors (Lipinski definition) is 4. The lowest BCUT2D eigenvalue weighted by Gasteiger charge is -2.23. The zero-order valence-corrected chi connectivity index (χ0v) is 15.2. The van der Waals surface area contributed by atoms with E-state index in [1.54, 1.807) is 18.2 Å². The first-order valence-corrected chi connectivity index (χ1v) is 9.10. The second kappa shape index (κ2) is 7.27. The number of carbonyl (C=O) groups excluding carboxylic acids is 1. The largest absolute Gasteiger partial charge is 0.484 e. The van der Waals surface area contributed by atoms with Crippen LogP contribution in [0.3, 0.4) is 0 Å². The minimum atomic E-state index is -0.409. The molecule has 27 heavy (non-hydrogen) atoms. The number of ether oxygens (including phenoxy) is 1. The van der Waals surface area contributed by atoms with Gasteiger partial charge in [0.2, 0.25) is 0 Å². The Bertz CT molecular complexity index is 1040. The van der Waals surface area contributed by atoms with Gasteiger partial charge in [0.1, 0.15) is 11.3 Å². The molecule has 5 heteroatoms. The number of carbonyl (C=O) groups is 1. The van der Waals surface area contributed by atoms with Crippen LogP contribution in [-0.4, -0.2) is 23.5 Å². The maximum Gasteiger partial charge on any atom is 0.336 e. The van der Waals surface area contributed by atoms with Crippen molar-refractivity contribution in [3.8, 4) is 5.75 Å². The van der Waals surface area contributed by atoms with Gasteiger partial charge in [0.25, 0.3) is 5.91 Å². The molecule has 1 aromatic heterocycles. The van der Waals surface area contributed by atoms with E-state index in [4.69, 9.17) is 9.15 Å². The molecule has 0 N–H and O–H groups in total. The highest BCUT2D eigenvalue weighted by atomic mass is 16.5. The van der Waals surface area contributed by atoms with Crippen LogP contribution in [0.5, 0.6) is 5.75 Å². The Balaban J connectivity index is 1.44. The highest BCUT2D eigenvalue weighted by Crippen LogP contribution is 2.29. The Kier molecular flexibility index (Phi) is 4.67. The summed E-state index contributed by atoms with van der Waals surface area (Å²) in [5.74, 6) is 0.477. The Hall–Kier alpha value is -3.08. The third-order valence-corrected chi connectivity index (χ3v) is 4.70. The van der Waals surface area contributed by atoms with Crippen LogP contribution in [0.4, 0.5) is 0 Å². The molecule has 1 heterocycles. The van der Waals surface area contributed by atoms with E-state index in [1.807, 2.05) is 36.1 Å². The van der Waals surface area contributed by atoms with Crippen molar-refractivity contribution in [3.05, 3.63) is 76.1 Å². The van der Waals surface area contributed by atoms with Crippen LogP contribution in [0.2, 0.25) is 0 Å². The predicted octanol–water partition coefficient (Wildman–Crippen LogP) is 3.67. The van der Waals surface area contributed by atoms with Crippen LogP contribution in [0, 0.1) is 6.92 Å². The zero-order chi connectivity index (χ0) is 18.8. The molecule has 5 nitrogen and oxygen atoms in total. The van der Waals surface area contributed by atoms with Gasteiger partial charge in [0.15, 0.2) is 6.61 Å². The maximum absolute atomic E-state index is 12.7. The molecule has 0 unspecified atom stereocenters. The molecule has 1 saturated carbocycles. The molecule has 0 saturated heterocycles. The lowest BCUT2D eigenvalue weighted by molar-refractivity contribution is -0.134. The summed E-state index contributed by atoms with van der Waals surface area (Å²) < 4.78 is 10.8. The SMILES string of the molecule is Cc1cccc(CN(C(=O)COc2ccc3ccc(=O)oc3c2)C2CC2)c1. The van der Waals surface area contributed by atoms with Crippen LogP contribution >= 0.6 is 0 Å². The summed E-state index contributed by atoms with van der Waals surface area (Å²) in [7, 11) is 0. The van der Waals surface area contributed by atoms with Gasteiger partial charge in [-0.2, -0.15) is 0 Å². The zero-order valence-electron chi connectivity index (χ0n) is 15.2. The molecule has 1 aliphatic rings. The number of amides is 1. The van der Waals surface area contributed by atoms with E-state index < -0.39 is 5.63 Å².